The van der Waals surface area contributed by atoms with Gasteiger partial charge >= 0.3 is 0 Å². The van der Waals surface area contributed by atoms with Crippen molar-refractivity contribution >= 4 is 78.5 Å². The molecule has 0 atom stereocenters. The molecule has 6 nitrogen and oxygen atoms in total. The molecule has 0 unspecified atom stereocenters. The second-order valence-corrected chi connectivity index (χ2v) is 12.5. The first-order valence-corrected chi connectivity index (χ1v) is 16.2. The highest BCUT2D eigenvalue weighted by molar-refractivity contribution is 7.20. The first kappa shape index (κ1) is 29.0. The fourth-order valence-electron chi connectivity index (χ4n) is 4.87. The molecule has 0 saturated carbocycles. The molecule has 0 fully saturated rings. The van der Waals surface area contributed by atoms with Gasteiger partial charge in [0.1, 0.15) is 10.0 Å². The minimum Gasteiger partial charge on any atom is -0.319 e. The van der Waals surface area contributed by atoms with Crippen LogP contribution < -0.4 is 10.6 Å². The van der Waals surface area contributed by atoms with Gasteiger partial charge in [0.05, 0.1) is 31.8 Å². The lowest BCUT2D eigenvalue weighted by molar-refractivity contribution is 0.0965. The first-order valence-electron chi connectivity index (χ1n) is 14.6. The van der Waals surface area contributed by atoms with Crippen LogP contribution >= 0.6 is 22.7 Å². The van der Waals surface area contributed by atoms with Gasteiger partial charge in [-0.1, -0.05) is 84.9 Å². The van der Waals surface area contributed by atoms with Crippen molar-refractivity contribution in [3.8, 4) is 0 Å². The molecule has 5 aromatic carbocycles. The number of aromatic nitrogens is 2. The SMILES string of the molecule is O=C(N/C(=C/c1ccc(/C=C(/NC(=O)c2ccccc2)c2nc3ccccc3s2)cc1)c1nc2ccccc2s1)c1ccccc1. The van der Waals surface area contributed by atoms with E-state index >= 15 is 0 Å². The lowest BCUT2D eigenvalue weighted by atomic mass is 10.1. The van der Waals surface area contributed by atoms with E-state index in [0.717, 1.165) is 41.6 Å². The van der Waals surface area contributed by atoms with E-state index < -0.39 is 0 Å². The van der Waals surface area contributed by atoms with E-state index in [1.165, 1.54) is 22.7 Å². The summed E-state index contributed by atoms with van der Waals surface area (Å²) in [6, 6.07) is 42.0. The monoisotopic (exact) mass is 634 g/mol. The Morgan fingerprint density at radius 3 is 1.24 bits per heavy atom. The molecule has 7 rings (SSSR count). The average molecular weight is 635 g/mol. The molecule has 222 valence electrons. The molecular weight excluding hydrogens is 609 g/mol. The third-order valence-corrected chi connectivity index (χ3v) is 9.31. The molecule has 8 heteroatoms. The average Bonchev–Trinajstić information content (AvgIpc) is 3.74. The van der Waals surface area contributed by atoms with Crippen LogP contribution in [0.25, 0.3) is 44.0 Å². The third kappa shape index (κ3) is 6.53. The number of carbonyl (C=O) groups is 2. The smallest absolute Gasteiger partial charge is 0.255 e. The second kappa shape index (κ2) is 13.1. The van der Waals surface area contributed by atoms with Crippen LogP contribution in [-0.2, 0) is 0 Å². The molecule has 0 spiro atoms. The number of amides is 2. The van der Waals surface area contributed by atoms with Crippen molar-refractivity contribution in [2.45, 2.75) is 0 Å². The van der Waals surface area contributed by atoms with E-state index in [4.69, 9.17) is 9.97 Å². The molecule has 0 aliphatic carbocycles. The molecule has 2 heterocycles. The first-order chi connectivity index (χ1) is 22.6. The summed E-state index contributed by atoms with van der Waals surface area (Å²) in [6.45, 7) is 0. The van der Waals surface area contributed by atoms with Crippen molar-refractivity contribution in [1.29, 1.82) is 0 Å². The minimum absolute atomic E-state index is 0.208. The molecule has 0 aliphatic heterocycles. The normalized spacial score (nSPS) is 11.9. The number of hydrogen-bond acceptors (Lipinski definition) is 6. The minimum atomic E-state index is -0.208. The molecule has 2 N–H and O–H groups in total. The van der Waals surface area contributed by atoms with Gasteiger partial charge in [-0.15, -0.1) is 22.7 Å². The zero-order valence-corrected chi connectivity index (χ0v) is 26.0. The number of carbonyl (C=O) groups excluding carboxylic acids is 2. The predicted octanol–water partition coefficient (Wildman–Crippen LogP) is 8.76. The van der Waals surface area contributed by atoms with Crippen LogP contribution in [0.4, 0.5) is 0 Å². The molecule has 0 saturated heterocycles. The number of thiazole rings is 2. The van der Waals surface area contributed by atoms with Crippen molar-refractivity contribution in [3.05, 3.63) is 166 Å². The second-order valence-electron chi connectivity index (χ2n) is 10.4. The molecule has 0 radical (unpaired) electrons. The van der Waals surface area contributed by atoms with E-state index in [9.17, 15) is 9.59 Å². The highest BCUT2D eigenvalue weighted by Gasteiger charge is 2.15. The van der Waals surface area contributed by atoms with Crippen molar-refractivity contribution in [3.63, 3.8) is 0 Å². The van der Waals surface area contributed by atoms with Gasteiger partial charge in [-0.05, 0) is 71.8 Å². The van der Waals surface area contributed by atoms with Crippen molar-refractivity contribution in [2.75, 3.05) is 0 Å². The number of nitrogens with one attached hydrogen (secondary N) is 2. The van der Waals surface area contributed by atoms with Crippen LogP contribution in [0.1, 0.15) is 41.9 Å². The van der Waals surface area contributed by atoms with E-state index in [1.54, 1.807) is 24.3 Å². The fraction of sp³-hybridized carbons (Fsp3) is 0. The summed E-state index contributed by atoms with van der Waals surface area (Å²) in [6.07, 6.45) is 3.86. The maximum absolute atomic E-state index is 13.2. The predicted molar refractivity (Wildman–Crippen MR) is 189 cm³/mol. The van der Waals surface area contributed by atoms with Gasteiger partial charge in [0.2, 0.25) is 0 Å². The Morgan fingerprint density at radius 2 is 0.848 bits per heavy atom. The highest BCUT2D eigenvalue weighted by atomic mass is 32.1. The number of rotatable bonds is 8. The molecule has 0 bridgehead atoms. The summed E-state index contributed by atoms with van der Waals surface area (Å²) >= 11 is 3.05. The maximum Gasteiger partial charge on any atom is 0.255 e. The number of para-hydroxylation sites is 2. The van der Waals surface area contributed by atoms with Gasteiger partial charge in [0, 0.05) is 11.1 Å². The Morgan fingerprint density at radius 1 is 0.478 bits per heavy atom. The van der Waals surface area contributed by atoms with Crippen LogP contribution in [0.5, 0.6) is 0 Å². The molecule has 2 aromatic heterocycles. The van der Waals surface area contributed by atoms with Crippen LogP contribution in [0.3, 0.4) is 0 Å². The third-order valence-electron chi connectivity index (χ3n) is 7.18. The van der Waals surface area contributed by atoms with Crippen molar-refractivity contribution in [2.24, 2.45) is 0 Å². The van der Waals surface area contributed by atoms with Gasteiger partial charge in [0.15, 0.2) is 0 Å². The highest BCUT2D eigenvalue weighted by Crippen LogP contribution is 2.29. The van der Waals surface area contributed by atoms with Gasteiger partial charge < -0.3 is 10.6 Å². The Hall–Kier alpha value is -5.70. The lowest BCUT2D eigenvalue weighted by Gasteiger charge is -2.09. The number of hydrogen-bond donors (Lipinski definition) is 2. The lowest BCUT2D eigenvalue weighted by Crippen LogP contribution is -2.21. The molecule has 0 aliphatic rings. The summed E-state index contributed by atoms with van der Waals surface area (Å²) in [5, 5.41) is 7.60. The van der Waals surface area contributed by atoms with E-state index in [2.05, 4.69) is 10.6 Å². The van der Waals surface area contributed by atoms with Gasteiger partial charge in [-0.25, -0.2) is 9.97 Å². The Labute approximate surface area is 273 Å². The van der Waals surface area contributed by atoms with E-state index in [0.29, 0.717) is 22.5 Å². The van der Waals surface area contributed by atoms with Gasteiger partial charge in [-0.2, -0.15) is 0 Å². The Bertz CT molecular complexity index is 2010. The maximum atomic E-state index is 13.2. The molecule has 2 amide bonds. The standard InChI is InChI=1S/C38H26N4O2S2/c43-35(27-11-3-1-4-12-27)39-31(37-41-29-15-7-9-17-33(29)45-37)23-25-19-21-26(22-20-25)24-32(40-36(44)28-13-5-2-6-14-28)38-42-30-16-8-10-18-34(30)46-38/h1-24H,(H,39,43)(H,40,44)/b31-23+,32-24+. The van der Waals surface area contributed by atoms with Crippen molar-refractivity contribution in [1.82, 2.24) is 20.6 Å². The quantitative estimate of drug-likeness (QED) is 0.175. The molecule has 46 heavy (non-hydrogen) atoms. The topological polar surface area (TPSA) is 84.0 Å². The summed E-state index contributed by atoms with van der Waals surface area (Å²) in [5.41, 5.74) is 5.88. The van der Waals surface area contributed by atoms with Crippen LogP contribution in [0.2, 0.25) is 0 Å². The Balaban J connectivity index is 1.22. The van der Waals surface area contributed by atoms with Gasteiger partial charge in [0.25, 0.3) is 11.8 Å². The molecular formula is C38H26N4O2S2. The largest absolute Gasteiger partial charge is 0.319 e. The Kier molecular flexibility index (Phi) is 8.28. The van der Waals surface area contributed by atoms with Crippen LogP contribution in [0, 0.1) is 0 Å². The number of fused-ring (bicyclic) bond motifs is 2. The summed E-state index contributed by atoms with van der Waals surface area (Å²) < 4.78 is 2.08. The zero-order valence-electron chi connectivity index (χ0n) is 24.4. The summed E-state index contributed by atoms with van der Waals surface area (Å²) in [4.78, 5) is 35.9. The van der Waals surface area contributed by atoms with Gasteiger partial charge in [-0.3, -0.25) is 9.59 Å². The fourth-order valence-corrected chi connectivity index (χ4v) is 6.74. The van der Waals surface area contributed by atoms with E-state index in [1.807, 2.05) is 121 Å². The summed E-state index contributed by atoms with van der Waals surface area (Å²) in [5.74, 6) is -0.416. The zero-order chi connectivity index (χ0) is 31.3. The summed E-state index contributed by atoms with van der Waals surface area (Å²) in [7, 11) is 0. The molecule has 7 aromatic rings. The van der Waals surface area contributed by atoms with E-state index in [-0.39, 0.29) is 11.8 Å². The van der Waals surface area contributed by atoms with Crippen LogP contribution in [-0.4, -0.2) is 21.8 Å². The van der Waals surface area contributed by atoms with Crippen LogP contribution in [0.15, 0.2) is 133 Å². The van der Waals surface area contributed by atoms with Crippen molar-refractivity contribution < 1.29 is 9.59 Å². The number of nitrogens with zero attached hydrogens (tertiary/aromatic N) is 2. The number of benzene rings is 5.